The van der Waals surface area contributed by atoms with Crippen molar-refractivity contribution in [2.24, 2.45) is 11.8 Å². The summed E-state index contributed by atoms with van der Waals surface area (Å²) in [6.45, 7) is 0.250. The van der Waals surface area contributed by atoms with Crippen LogP contribution in [0.3, 0.4) is 0 Å². The van der Waals surface area contributed by atoms with E-state index in [1.54, 1.807) is 30.9 Å². The number of rotatable bonds is 6. The van der Waals surface area contributed by atoms with Crippen molar-refractivity contribution in [2.45, 2.75) is 30.2 Å². The lowest BCUT2D eigenvalue weighted by Crippen LogP contribution is -2.50. The molecule has 1 fully saturated rings. The van der Waals surface area contributed by atoms with E-state index in [0.717, 1.165) is 17.7 Å². The number of carbonyl (C=O) groups excluding carboxylic acids is 2. The molecule has 4 rings (SSSR count). The Balaban J connectivity index is 1.65. The Morgan fingerprint density at radius 1 is 1.06 bits per heavy atom. The smallest absolute Gasteiger partial charge is 0.306 e. The van der Waals surface area contributed by atoms with Gasteiger partial charge in [0.25, 0.3) is 5.91 Å². The maximum Gasteiger partial charge on any atom is 0.306 e. The maximum absolute atomic E-state index is 14.8. The highest BCUT2D eigenvalue weighted by Crippen LogP contribution is 2.48. The van der Waals surface area contributed by atoms with Crippen molar-refractivity contribution in [1.82, 2.24) is 4.90 Å². The van der Waals surface area contributed by atoms with Gasteiger partial charge in [0.05, 0.1) is 17.9 Å². The van der Waals surface area contributed by atoms with Gasteiger partial charge in [0.1, 0.15) is 23.4 Å². The summed E-state index contributed by atoms with van der Waals surface area (Å²) in [4.78, 5) is 39.5. The average Bonchev–Trinajstić information content (AvgIpc) is 2.74. The second-order valence-electron chi connectivity index (χ2n) is 10.0. The van der Waals surface area contributed by atoms with Crippen LogP contribution in [0.1, 0.15) is 30.0 Å². The average molecular weight is 521 g/mol. The summed E-state index contributed by atoms with van der Waals surface area (Å²) >= 11 is 0. The molecule has 194 valence electrons. The first-order valence-electron chi connectivity index (χ1n) is 11.6. The van der Waals surface area contributed by atoms with E-state index in [2.05, 4.69) is 5.32 Å². The fraction of sp³-hybridized carbons (Fsp3) is 0.423. The summed E-state index contributed by atoms with van der Waals surface area (Å²) in [5.41, 5.74) is 1.39. The summed E-state index contributed by atoms with van der Waals surface area (Å²) in [6.07, 6.45) is 6.27. The van der Waals surface area contributed by atoms with Gasteiger partial charge in [-0.15, -0.1) is 0 Å². The number of hydrogen-bond donors (Lipinski definition) is 2. The van der Waals surface area contributed by atoms with Crippen molar-refractivity contribution in [3.63, 3.8) is 0 Å². The molecule has 36 heavy (non-hydrogen) atoms. The molecule has 1 aliphatic heterocycles. The first-order valence-corrected chi connectivity index (χ1v) is 14.4. The minimum absolute atomic E-state index is 0.00498. The third kappa shape index (κ3) is 4.91. The maximum atomic E-state index is 14.8. The number of benzene rings is 2. The molecule has 0 radical (unpaired) electrons. The number of carbonyl (C=O) groups is 3. The number of hydrogen-bond acceptors (Lipinski definition) is 4. The number of carboxylic acids is 1. The number of aliphatic carboxylic acids is 1. The van der Waals surface area contributed by atoms with Crippen molar-refractivity contribution < 1.29 is 33.0 Å². The summed E-state index contributed by atoms with van der Waals surface area (Å²) in [5, 5.41) is 11.8. The van der Waals surface area contributed by atoms with Gasteiger partial charge in [-0.1, -0.05) is 6.07 Å². The lowest BCUT2D eigenvalue weighted by atomic mass is 9.73. The zero-order valence-electron chi connectivity index (χ0n) is 20.6. The fourth-order valence-corrected chi connectivity index (χ4v) is 6.22. The standard InChI is InChI=1S/C26H30F2N2O5S/c1-35-18-5-6-19-14(11-18)7-8-30(25(32)15-9-16(10-15)26(33)34)22(19)24(31)29-17-12-20(27)23(21(28)13-17)36(2,3)4/h5-6,11-13,15-16,22H,7-10H2,1-4H3,(H,29,31)(H,33,34)/t15?,16?,22-/m1/s1. The Morgan fingerprint density at radius 2 is 1.69 bits per heavy atom. The van der Waals surface area contributed by atoms with Crippen molar-refractivity contribution in [3.8, 4) is 5.75 Å². The van der Waals surface area contributed by atoms with Gasteiger partial charge in [0.15, 0.2) is 0 Å². The number of ether oxygens (including phenoxy) is 1. The van der Waals surface area contributed by atoms with Crippen molar-refractivity contribution in [3.05, 3.63) is 53.1 Å². The third-order valence-corrected chi connectivity index (χ3v) is 8.44. The molecule has 0 unspecified atom stereocenters. The van der Waals surface area contributed by atoms with Gasteiger partial charge in [-0.05, 0) is 73.4 Å². The lowest BCUT2D eigenvalue weighted by Gasteiger charge is -2.41. The number of anilines is 1. The first-order chi connectivity index (χ1) is 16.9. The van der Waals surface area contributed by atoms with E-state index in [1.165, 1.54) is 12.0 Å². The highest BCUT2D eigenvalue weighted by atomic mass is 32.3. The van der Waals surface area contributed by atoms with Gasteiger partial charge in [-0.2, -0.15) is 0 Å². The van der Waals surface area contributed by atoms with Crippen LogP contribution in [0.25, 0.3) is 0 Å². The van der Waals surface area contributed by atoms with Crippen LogP contribution in [0.5, 0.6) is 5.75 Å². The molecule has 0 aromatic heterocycles. The van der Waals surface area contributed by atoms with Crippen molar-refractivity contribution in [1.29, 1.82) is 0 Å². The molecule has 0 bridgehead atoms. The summed E-state index contributed by atoms with van der Waals surface area (Å²) in [5.74, 6) is -3.73. The minimum atomic E-state index is -1.68. The number of carboxylic acid groups (broad SMARTS) is 1. The highest BCUT2D eigenvalue weighted by molar-refractivity contribution is 8.32. The zero-order chi connectivity index (χ0) is 26.4. The SMILES string of the molecule is COc1ccc2c(c1)CCN(C(=O)C1CC(C(=O)O)C1)[C@H]2C(=O)Nc1cc(F)c(S(C)(C)C)c(F)c1. The van der Waals surface area contributed by atoms with Gasteiger partial charge >= 0.3 is 5.97 Å². The van der Waals surface area contributed by atoms with Gasteiger partial charge in [0.2, 0.25) is 5.91 Å². The summed E-state index contributed by atoms with van der Waals surface area (Å²) in [6, 6.07) is 6.38. The molecule has 2 aromatic carbocycles. The minimum Gasteiger partial charge on any atom is -0.497 e. The molecule has 1 heterocycles. The molecule has 2 amide bonds. The van der Waals surface area contributed by atoms with Crippen molar-refractivity contribution in [2.75, 3.05) is 37.7 Å². The molecule has 1 atom stereocenters. The first kappa shape index (κ1) is 25.9. The zero-order valence-corrected chi connectivity index (χ0v) is 21.5. The van der Waals surface area contributed by atoms with Crippen LogP contribution >= 0.6 is 10.0 Å². The molecule has 0 spiro atoms. The van der Waals surface area contributed by atoms with Crippen molar-refractivity contribution >= 4 is 33.5 Å². The topological polar surface area (TPSA) is 95.9 Å². The predicted octanol–water partition coefficient (Wildman–Crippen LogP) is 4.20. The number of halogens is 2. The van der Waals surface area contributed by atoms with Crippen LogP contribution in [0, 0.1) is 23.5 Å². The number of amides is 2. The van der Waals surface area contributed by atoms with E-state index in [-0.39, 0.29) is 35.9 Å². The Labute approximate surface area is 210 Å². The molecule has 0 saturated heterocycles. The number of nitrogens with zero attached hydrogens (tertiary/aromatic N) is 1. The summed E-state index contributed by atoms with van der Waals surface area (Å²) < 4.78 is 34.9. The third-order valence-electron chi connectivity index (χ3n) is 6.82. The highest BCUT2D eigenvalue weighted by Gasteiger charge is 2.45. The van der Waals surface area contributed by atoms with Gasteiger partial charge in [-0.3, -0.25) is 14.4 Å². The molecule has 2 N–H and O–H groups in total. The second-order valence-corrected chi connectivity index (χ2v) is 14.1. The molecular formula is C26H30F2N2O5S. The number of nitrogens with one attached hydrogen (secondary N) is 1. The Morgan fingerprint density at radius 3 is 2.25 bits per heavy atom. The van der Waals surface area contributed by atoms with Crippen LogP contribution in [-0.2, 0) is 20.8 Å². The normalized spacial score (nSPS) is 21.7. The fourth-order valence-electron chi connectivity index (χ4n) is 4.93. The molecular weight excluding hydrogens is 490 g/mol. The quantitative estimate of drug-likeness (QED) is 0.595. The van der Waals surface area contributed by atoms with Gasteiger partial charge in [-0.25, -0.2) is 18.8 Å². The van der Waals surface area contributed by atoms with Crippen LogP contribution in [-0.4, -0.2) is 60.2 Å². The van der Waals surface area contributed by atoms with E-state index in [4.69, 9.17) is 4.74 Å². The number of fused-ring (bicyclic) bond motifs is 1. The number of methoxy groups -OCH3 is 1. The van der Waals surface area contributed by atoms with E-state index in [0.29, 0.717) is 17.7 Å². The molecule has 2 aromatic rings. The monoisotopic (exact) mass is 520 g/mol. The van der Waals surface area contributed by atoms with E-state index < -0.39 is 51.4 Å². The molecule has 10 heteroatoms. The molecule has 2 aliphatic rings. The molecule has 1 saturated carbocycles. The van der Waals surface area contributed by atoms with E-state index in [1.807, 2.05) is 6.07 Å². The van der Waals surface area contributed by atoms with Crippen LogP contribution in [0.4, 0.5) is 14.5 Å². The lowest BCUT2D eigenvalue weighted by molar-refractivity contribution is -0.154. The Bertz CT molecular complexity index is 1200. The van der Waals surface area contributed by atoms with Gasteiger partial charge in [0, 0.05) is 18.2 Å². The van der Waals surface area contributed by atoms with Gasteiger partial charge < -0.3 is 20.1 Å². The molecule has 1 aliphatic carbocycles. The summed E-state index contributed by atoms with van der Waals surface area (Å²) in [7, 11) is -0.149. The molecule has 7 nitrogen and oxygen atoms in total. The Kier molecular flexibility index (Phi) is 7.01. The van der Waals surface area contributed by atoms with E-state index in [9.17, 15) is 28.3 Å². The Hall–Kier alpha value is -3.14. The van der Waals surface area contributed by atoms with E-state index >= 15 is 0 Å². The second kappa shape index (κ2) is 9.72. The van der Waals surface area contributed by atoms with Crippen LogP contribution in [0.2, 0.25) is 0 Å². The van der Waals surface area contributed by atoms with Crippen LogP contribution in [0.15, 0.2) is 35.2 Å². The predicted molar refractivity (Wildman–Crippen MR) is 134 cm³/mol. The van der Waals surface area contributed by atoms with Crippen LogP contribution < -0.4 is 10.1 Å². The largest absolute Gasteiger partial charge is 0.497 e.